The topological polar surface area (TPSA) is 100 Å². The van der Waals surface area contributed by atoms with Crippen molar-refractivity contribution in [3.63, 3.8) is 0 Å². The minimum atomic E-state index is -0.387. The molecule has 1 aliphatic carbocycles. The van der Waals surface area contributed by atoms with Crippen molar-refractivity contribution in [2.75, 3.05) is 46.9 Å². The largest absolute Gasteiger partial charge is 0.493 e. The first-order valence-corrected chi connectivity index (χ1v) is 12.4. The second-order valence-electron chi connectivity index (χ2n) is 10.1. The maximum absolute atomic E-state index is 12.9. The summed E-state index contributed by atoms with van der Waals surface area (Å²) in [6.07, 6.45) is 3.93. The second-order valence-corrected chi connectivity index (χ2v) is 10.1. The Balaban J connectivity index is 1.43. The predicted octanol–water partition coefficient (Wildman–Crippen LogP) is 3.74. The highest BCUT2D eigenvalue weighted by Gasteiger charge is 2.72. The van der Waals surface area contributed by atoms with Gasteiger partial charge < -0.3 is 38.5 Å². The Kier molecular flexibility index (Phi) is 7.73. The molecule has 1 N–H and O–H groups in total. The van der Waals surface area contributed by atoms with Crippen LogP contribution in [0.25, 0.3) is 0 Å². The summed E-state index contributed by atoms with van der Waals surface area (Å²) in [4.78, 5) is 12.9. The van der Waals surface area contributed by atoms with Gasteiger partial charge in [0.2, 0.25) is 5.75 Å². The fourth-order valence-electron chi connectivity index (χ4n) is 5.69. The molecule has 3 aliphatic rings. The van der Waals surface area contributed by atoms with Crippen LogP contribution in [0.2, 0.25) is 0 Å². The van der Waals surface area contributed by atoms with Crippen LogP contribution in [0.3, 0.4) is 0 Å². The van der Waals surface area contributed by atoms with Gasteiger partial charge in [-0.25, -0.2) is 0 Å². The number of nitrogens with one attached hydrogen (secondary N) is 1. The number of epoxide rings is 2. The molecule has 1 aromatic rings. The van der Waals surface area contributed by atoms with Gasteiger partial charge in [-0.15, -0.1) is 0 Å². The van der Waals surface area contributed by atoms with E-state index in [1.807, 2.05) is 0 Å². The minimum Gasteiger partial charge on any atom is -0.493 e. The van der Waals surface area contributed by atoms with Crippen molar-refractivity contribution in [1.82, 2.24) is 0 Å². The van der Waals surface area contributed by atoms with Gasteiger partial charge in [0.25, 0.3) is 0 Å². The Hall–Kier alpha value is -2.49. The molecule has 1 aromatic carbocycles. The van der Waals surface area contributed by atoms with Gasteiger partial charge in [-0.05, 0) is 52.2 Å². The van der Waals surface area contributed by atoms with Crippen LogP contribution in [0, 0.1) is 5.92 Å². The van der Waals surface area contributed by atoms with Crippen LogP contribution in [0.5, 0.6) is 17.2 Å². The number of esters is 1. The van der Waals surface area contributed by atoms with Crippen LogP contribution in [0.15, 0.2) is 23.8 Å². The Morgan fingerprint density at radius 1 is 1.14 bits per heavy atom. The molecular formula is C27H39NO8. The summed E-state index contributed by atoms with van der Waals surface area (Å²) in [5, 5.41) is 3.10. The van der Waals surface area contributed by atoms with E-state index in [1.165, 1.54) is 19.8 Å². The van der Waals surface area contributed by atoms with E-state index in [0.29, 0.717) is 36.0 Å². The summed E-state index contributed by atoms with van der Waals surface area (Å²) in [7, 11) is 6.30. The van der Waals surface area contributed by atoms with Crippen molar-refractivity contribution in [3.8, 4) is 17.2 Å². The first-order chi connectivity index (χ1) is 17.2. The third-order valence-corrected chi connectivity index (χ3v) is 7.65. The van der Waals surface area contributed by atoms with Crippen molar-refractivity contribution in [1.29, 1.82) is 0 Å². The number of methoxy groups -OCH3 is 4. The molecule has 6 atom stereocenters. The van der Waals surface area contributed by atoms with Crippen LogP contribution in [0.4, 0.5) is 5.69 Å². The van der Waals surface area contributed by atoms with E-state index in [1.54, 1.807) is 26.4 Å². The Morgan fingerprint density at radius 2 is 1.86 bits per heavy atom. The van der Waals surface area contributed by atoms with Gasteiger partial charge in [0.05, 0.1) is 45.6 Å². The normalized spacial score (nSPS) is 32.4. The van der Waals surface area contributed by atoms with Crippen molar-refractivity contribution < 1.29 is 38.0 Å². The van der Waals surface area contributed by atoms with E-state index in [4.69, 9.17) is 33.2 Å². The molecule has 2 saturated heterocycles. The maximum atomic E-state index is 12.9. The third-order valence-electron chi connectivity index (χ3n) is 7.65. The molecule has 3 fully saturated rings. The molecule has 0 radical (unpaired) electrons. The van der Waals surface area contributed by atoms with Gasteiger partial charge in [-0.3, -0.25) is 4.79 Å². The Morgan fingerprint density at radius 3 is 2.44 bits per heavy atom. The molecule has 9 heteroatoms. The average molecular weight is 506 g/mol. The van der Waals surface area contributed by atoms with Gasteiger partial charge >= 0.3 is 5.97 Å². The first-order valence-electron chi connectivity index (χ1n) is 12.4. The van der Waals surface area contributed by atoms with E-state index in [0.717, 1.165) is 12.8 Å². The summed E-state index contributed by atoms with van der Waals surface area (Å²) in [5.41, 5.74) is 1.23. The lowest BCUT2D eigenvalue weighted by Gasteiger charge is -2.42. The smallest absolute Gasteiger partial charge is 0.325 e. The lowest BCUT2D eigenvalue weighted by Crippen LogP contribution is -2.55. The van der Waals surface area contributed by atoms with E-state index in [9.17, 15) is 4.79 Å². The number of ether oxygens (including phenoxy) is 7. The molecule has 1 saturated carbocycles. The summed E-state index contributed by atoms with van der Waals surface area (Å²) < 4.78 is 40.4. The summed E-state index contributed by atoms with van der Waals surface area (Å²) in [6.45, 7) is 6.96. The van der Waals surface area contributed by atoms with Gasteiger partial charge in [-0.1, -0.05) is 11.6 Å². The minimum absolute atomic E-state index is 0.0176. The molecular weight excluding hydrogens is 466 g/mol. The van der Waals surface area contributed by atoms with Crippen molar-refractivity contribution in [2.24, 2.45) is 5.92 Å². The Bertz CT molecular complexity index is 986. The molecule has 1 unspecified atom stereocenters. The van der Waals surface area contributed by atoms with Crippen LogP contribution in [0.1, 0.15) is 40.0 Å². The molecule has 0 aromatic heterocycles. The van der Waals surface area contributed by atoms with Gasteiger partial charge in [0.1, 0.15) is 30.0 Å². The highest BCUT2D eigenvalue weighted by molar-refractivity contribution is 5.77. The quantitative estimate of drug-likeness (QED) is 0.274. The molecule has 1 spiro atoms. The van der Waals surface area contributed by atoms with Gasteiger partial charge in [-0.2, -0.15) is 0 Å². The van der Waals surface area contributed by atoms with Crippen LogP contribution in [-0.4, -0.2) is 77.1 Å². The van der Waals surface area contributed by atoms with Gasteiger partial charge in [0.15, 0.2) is 11.5 Å². The van der Waals surface area contributed by atoms with E-state index >= 15 is 0 Å². The molecule has 200 valence electrons. The molecule has 36 heavy (non-hydrogen) atoms. The molecule has 9 nitrogen and oxygen atoms in total. The number of hydrogen-bond acceptors (Lipinski definition) is 9. The second kappa shape index (κ2) is 10.5. The zero-order valence-corrected chi connectivity index (χ0v) is 22.3. The molecule has 2 aliphatic heterocycles. The lowest BCUT2D eigenvalue weighted by atomic mass is 9.68. The van der Waals surface area contributed by atoms with Crippen LogP contribution >= 0.6 is 0 Å². The zero-order valence-electron chi connectivity index (χ0n) is 22.3. The van der Waals surface area contributed by atoms with Crippen molar-refractivity contribution in [3.05, 3.63) is 23.8 Å². The summed E-state index contributed by atoms with van der Waals surface area (Å²) in [6, 6.07) is 3.52. The van der Waals surface area contributed by atoms with Crippen LogP contribution in [-0.2, 0) is 23.7 Å². The monoisotopic (exact) mass is 505 g/mol. The lowest BCUT2D eigenvalue weighted by molar-refractivity contribution is -0.170. The average Bonchev–Trinajstić information content (AvgIpc) is 3.78. The number of hydrogen-bond donors (Lipinski definition) is 1. The number of benzene rings is 1. The number of rotatable bonds is 11. The molecule has 4 rings (SSSR count). The van der Waals surface area contributed by atoms with E-state index in [2.05, 4.69) is 32.2 Å². The highest BCUT2D eigenvalue weighted by Crippen LogP contribution is 2.59. The van der Waals surface area contributed by atoms with Gasteiger partial charge in [0, 0.05) is 7.11 Å². The molecule has 0 amide bonds. The SMILES string of the molecule is COc1ccc(NCC(=O)O[C@@H]2CC[C@]3(CO3)[C@@H]([C@@]3(C)OC3CC=C(C)C)[C@@H]2OC)c(OC)c1OC. The predicted molar refractivity (Wildman–Crippen MR) is 134 cm³/mol. The first kappa shape index (κ1) is 26.6. The Labute approximate surface area is 213 Å². The summed E-state index contributed by atoms with van der Waals surface area (Å²) in [5.74, 6) is 1.03. The van der Waals surface area contributed by atoms with E-state index in [-0.39, 0.29) is 47.9 Å². The number of carbonyl (C=O) groups is 1. The third kappa shape index (κ3) is 5.01. The maximum Gasteiger partial charge on any atom is 0.325 e. The number of allylic oxidation sites excluding steroid dienone is 1. The van der Waals surface area contributed by atoms with E-state index < -0.39 is 0 Å². The molecule has 2 heterocycles. The zero-order chi connectivity index (χ0) is 26.1. The molecule has 0 bridgehead atoms. The standard InChI is InChI=1S/C27H39NO8/c1-16(2)8-11-20-26(3,36-20)25-24(33-7)19(12-13-27(25)15-34-27)35-21(29)14-28-17-9-10-18(30-4)23(32-6)22(17)31-5/h8-10,19-20,24-25,28H,11-15H2,1-7H3/t19-,20?,24-,25-,26+,27+/m1/s1. The van der Waals surface area contributed by atoms with Crippen molar-refractivity contribution >= 4 is 11.7 Å². The highest BCUT2D eigenvalue weighted by atomic mass is 16.6. The van der Waals surface area contributed by atoms with Crippen molar-refractivity contribution in [2.45, 2.75) is 69.5 Å². The van der Waals surface area contributed by atoms with Crippen LogP contribution < -0.4 is 19.5 Å². The fraction of sp³-hybridized carbons (Fsp3) is 0.667. The fourth-order valence-corrected chi connectivity index (χ4v) is 5.69. The summed E-state index contributed by atoms with van der Waals surface area (Å²) >= 11 is 0. The number of carbonyl (C=O) groups excluding carboxylic acids is 1. The number of anilines is 1.